The molecule has 0 spiro atoms. The van der Waals surface area contributed by atoms with E-state index in [2.05, 4.69) is 28.3 Å². The zero-order valence-corrected chi connectivity index (χ0v) is 11.5. The molecule has 3 rings (SSSR count). The minimum Gasteiger partial charge on any atom is -0.372 e. The van der Waals surface area contributed by atoms with E-state index in [4.69, 9.17) is 4.74 Å². The maximum atomic E-state index is 5.67. The molecule has 1 N–H and O–H groups in total. The molecule has 3 heterocycles. The second-order valence-corrected chi connectivity index (χ2v) is 5.58. The van der Waals surface area contributed by atoms with Crippen molar-refractivity contribution in [2.45, 2.75) is 32.3 Å². The lowest BCUT2D eigenvalue weighted by Gasteiger charge is -2.10. The van der Waals surface area contributed by atoms with Crippen molar-refractivity contribution in [1.29, 1.82) is 0 Å². The van der Waals surface area contributed by atoms with E-state index in [1.54, 1.807) is 11.3 Å². The van der Waals surface area contributed by atoms with Crippen LogP contribution < -0.4 is 5.32 Å². The first kappa shape index (κ1) is 11.9. The average molecular weight is 263 g/mol. The molecule has 1 aliphatic rings. The van der Waals surface area contributed by atoms with Crippen molar-refractivity contribution in [1.82, 2.24) is 9.97 Å². The normalized spacial score (nSPS) is 19.6. The van der Waals surface area contributed by atoms with E-state index < -0.39 is 0 Å². The van der Waals surface area contributed by atoms with Gasteiger partial charge in [0.05, 0.1) is 5.39 Å². The Kier molecular flexibility index (Phi) is 3.18. The molecule has 0 saturated carbocycles. The monoisotopic (exact) mass is 263 g/mol. The molecular weight excluding hydrogens is 246 g/mol. The van der Waals surface area contributed by atoms with Crippen LogP contribution in [0.5, 0.6) is 0 Å². The maximum absolute atomic E-state index is 5.67. The van der Waals surface area contributed by atoms with Gasteiger partial charge in [0.25, 0.3) is 0 Å². The highest BCUT2D eigenvalue weighted by molar-refractivity contribution is 7.18. The van der Waals surface area contributed by atoms with E-state index in [1.165, 1.54) is 4.88 Å². The third kappa shape index (κ3) is 1.97. The summed E-state index contributed by atoms with van der Waals surface area (Å²) in [6.07, 6.45) is 3.25. The van der Waals surface area contributed by atoms with Crippen LogP contribution in [0.25, 0.3) is 10.2 Å². The molecule has 4 nitrogen and oxygen atoms in total. The molecule has 1 aliphatic heterocycles. The van der Waals surface area contributed by atoms with Gasteiger partial charge >= 0.3 is 0 Å². The molecule has 1 saturated heterocycles. The van der Waals surface area contributed by atoms with Gasteiger partial charge in [0.2, 0.25) is 0 Å². The molecule has 5 heteroatoms. The Labute approximate surface area is 110 Å². The van der Waals surface area contributed by atoms with Crippen molar-refractivity contribution >= 4 is 27.4 Å². The Morgan fingerprint density at radius 2 is 2.39 bits per heavy atom. The fraction of sp³-hybridized carbons (Fsp3) is 0.538. The zero-order chi connectivity index (χ0) is 12.5. The van der Waals surface area contributed by atoms with Crippen LogP contribution in [-0.4, -0.2) is 23.6 Å². The van der Waals surface area contributed by atoms with Crippen molar-refractivity contribution < 1.29 is 4.74 Å². The van der Waals surface area contributed by atoms with Crippen molar-refractivity contribution in [3.63, 3.8) is 0 Å². The number of nitrogens with one attached hydrogen (secondary N) is 1. The number of fused-ring (bicyclic) bond motifs is 1. The smallest absolute Gasteiger partial charge is 0.161 e. The minimum absolute atomic E-state index is 0.0775. The number of thiophene rings is 1. The van der Waals surface area contributed by atoms with Crippen LogP contribution in [0.4, 0.5) is 5.82 Å². The fourth-order valence-corrected chi connectivity index (χ4v) is 3.25. The lowest BCUT2D eigenvalue weighted by Crippen LogP contribution is -2.05. The SMILES string of the molecule is CCc1cc2c(NC)nc(C3CCCO3)nc2s1. The fourth-order valence-electron chi connectivity index (χ4n) is 2.28. The van der Waals surface area contributed by atoms with Gasteiger partial charge in [-0.2, -0.15) is 0 Å². The summed E-state index contributed by atoms with van der Waals surface area (Å²) in [6.45, 7) is 2.99. The first-order valence-electron chi connectivity index (χ1n) is 6.41. The summed E-state index contributed by atoms with van der Waals surface area (Å²) in [5, 5.41) is 4.30. The summed E-state index contributed by atoms with van der Waals surface area (Å²) in [7, 11) is 1.91. The van der Waals surface area contributed by atoms with Gasteiger partial charge in [-0.05, 0) is 25.3 Å². The maximum Gasteiger partial charge on any atom is 0.161 e. The van der Waals surface area contributed by atoms with Crippen molar-refractivity contribution in [2.75, 3.05) is 19.0 Å². The number of anilines is 1. The number of nitrogens with zero attached hydrogens (tertiary/aromatic N) is 2. The minimum atomic E-state index is 0.0775. The highest BCUT2D eigenvalue weighted by Crippen LogP contribution is 2.33. The van der Waals surface area contributed by atoms with Crippen LogP contribution in [0.2, 0.25) is 0 Å². The van der Waals surface area contributed by atoms with Crippen LogP contribution in [0, 0.1) is 0 Å². The molecule has 1 unspecified atom stereocenters. The quantitative estimate of drug-likeness (QED) is 0.924. The van der Waals surface area contributed by atoms with Gasteiger partial charge in [-0.3, -0.25) is 0 Å². The first-order valence-corrected chi connectivity index (χ1v) is 7.23. The molecule has 0 bridgehead atoms. The Bertz CT molecular complexity index is 561. The average Bonchev–Trinajstić information content (AvgIpc) is 3.05. The molecule has 0 aromatic carbocycles. The van der Waals surface area contributed by atoms with Gasteiger partial charge in [0.15, 0.2) is 5.82 Å². The lowest BCUT2D eigenvalue weighted by molar-refractivity contribution is 0.105. The molecule has 96 valence electrons. The Morgan fingerprint density at radius 1 is 1.50 bits per heavy atom. The molecule has 2 aromatic heterocycles. The van der Waals surface area contributed by atoms with E-state index in [9.17, 15) is 0 Å². The summed E-state index contributed by atoms with van der Waals surface area (Å²) in [4.78, 5) is 11.7. The summed E-state index contributed by atoms with van der Waals surface area (Å²) >= 11 is 1.75. The molecule has 18 heavy (non-hydrogen) atoms. The highest BCUT2D eigenvalue weighted by atomic mass is 32.1. The summed E-state index contributed by atoms with van der Waals surface area (Å²) in [5.74, 6) is 1.75. The zero-order valence-electron chi connectivity index (χ0n) is 10.7. The van der Waals surface area contributed by atoms with Crippen molar-refractivity contribution in [3.05, 3.63) is 16.8 Å². The largest absolute Gasteiger partial charge is 0.372 e. The molecule has 1 atom stereocenters. The third-order valence-corrected chi connectivity index (χ3v) is 4.44. The van der Waals surface area contributed by atoms with E-state index in [0.29, 0.717) is 0 Å². The second-order valence-electron chi connectivity index (χ2n) is 4.47. The number of aromatic nitrogens is 2. The van der Waals surface area contributed by atoms with Gasteiger partial charge in [0.1, 0.15) is 16.8 Å². The third-order valence-electron chi connectivity index (χ3n) is 3.26. The second kappa shape index (κ2) is 4.82. The summed E-state index contributed by atoms with van der Waals surface area (Å²) in [6, 6.07) is 2.19. The predicted octanol–water partition coefficient (Wildman–Crippen LogP) is 3.15. The first-order chi connectivity index (χ1) is 8.81. The molecule has 1 fully saturated rings. The van der Waals surface area contributed by atoms with Crippen LogP contribution >= 0.6 is 11.3 Å². The molecular formula is C13H17N3OS. The van der Waals surface area contributed by atoms with Gasteiger partial charge in [-0.1, -0.05) is 6.92 Å². The lowest BCUT2D eigenvalue weighted by atomic mass is 10.2. The number of hydrogen-bond donors (Lipinski definition) is 1. The molecule has 0 aliphatic carbocycles. The van der Waals surface area contributed by atoms with Crippen LogP contribution in [0.3, 0.4) is 0 Å². The van der Waals surface area contributed by atoms with Gasteiger partial charge in [-0.15, -0.1) is 11.3 Å². The van der Waals surface area contributed by atoms with Crippen molar-refractivity contribution in [2.24, 2.45) is 0 Å². The standard InChI is InChI=1S/C13H17N3OS/c1-3-8-7-9-11(14-2)15-12(16-13(9)18-8)10-5-4-6-17-10/h7,10H,3-6H2,1-2H3,(H,14,15,16). The Hall–Kier alpha value is -1.20. The molecule has 0 radical (unpaired) electrons. The molecule has 0 amide bonds. The topological polar surface area (TPSA) is 47.0 Å². The highest BCUT2D eigenvalue weighted by Gasteiger charge is 2.22. The Morgan fingerprint density at radius 3 is 3.06 bits per heavy atom. The summed E-state index contributed by atoms with van der Waals surface area (Å²) in [5.41, 5.74) is 0. The van der Waals surface area contributed by atoms with Gasteiger partial charge in [-0.25, -0.2) is 9.97 Å². The van der Waals surface area contributed by atoms with Crippen LogP contribution in [0.1, 0.15) is 36.6 Å². The van der Waals surface area contributed by atoms with Crippen LogP contribution in [0.15, 0.2) is 6.07 Å². The number of ether oxygens (including phenoxy) is 1. The number of hydrogen-bond acceptors (Lipinski definition) is 5. The molecule has 2 aromatic rings. The van der Waals surface area contributed by atoms with E-state index in [0.717, 1.165) is 47.7 Å². The van der Waals surface area contributed by atoms with E-state index in [1.807, 2.05) is 7.05 Å². The predicted molar refractivity (Wildman–Crippen MR) is 74.3 cm³/mol. The van der Waals surface area contributed by atoms with Gasteiger partial charge < -0.3 is 10.1 Å². The Balaban J connectivity index is 2.10. The van der Waals surface area contributed by atoms with E-state index in [-0.39, 0.29) is 6.10 Å². The number of aryl methyl sites for hydroxylation is 1. The van der Waals surface area contributed by atoms with Crippen molar-refractivity contribution in [3.8, 4) is 0 Å². The summed E-state index contributed by atoms with van der Waals surface area (Å²) < 4.78 is 5.67. The van der Waals surface area contributed by atoms with Crippen LogP contribution in [-0.2, 0) is 11.2 Å². The van der Waals surface area contributed by atoms with Gasteiger partial charge in [0, 0.05) is 18.5 Å². The van der Waals surface area contributed by atoms with E-state index >= 15 is 0 Å². The number of rotatable bonds is 3.